The van der Waals surface area contributed by atoms with E-state index in [4.69, 9.17) is 4.74 Å². The smallest absolute Gasteiger partial charge is 0.311 e. The number of piperidine rings is 1. The number of hydrogen-bond acceptors (Lipinski definition) is 3. The number of likely N-dealkylation sites (tertiary alicyclic amines) is 1. The molecule has 0 aromatic carbocycles. The van der Waals surface area contributed by atoms with E-state index in [1.807, 2.05) is 11.8 Å². The number of carbonyl (C=O) groups excluding carboxylic acids is 2. The average molecular weight is 335 g/mol. The predicted octanol–water partition coefficient (Wildman–Crippen LogP) is 3.93. The molecule has 3 aliphatic rings. The zero-order valence-corrected chi connectivity index (χ0v) is 15.2. The van der Waals surface area contributed by atoms with Gasteiger partial charge in [-0.05, 0) is 50.4 Å². The zero-order chi connectivity index (χ0) is 16.9. The van der Waals surface area contributed by atoms with Crippen LogP contribution in [-0.4, -0.2) is 36.0 Å². The number of amides is 1. The average Bonchev–Trinajstić information content (AvgIpc) is 2.62. The van der Waals surface area contributed by atoms with Crippen LogP contribution in [0.25, 0.3) is 0 Å². The van der Waals surface area contributed by atoms with Crippen molar-refractivity contribution in [3.05, 3.63) is 0 Å². The van der Waals surface area contributed by atoms with Gasteiger partial charge in [0.25, 0.3) is 0 Å². The molecule has 0 radical (unpaired) electrons. The molecule has 1 heterocycles. The van der Waals surface area contributed by atoms with Gasteiger partial charge in [-0.3, -0.25) is 9.59 Å². The Kier molecular flexibility index (Phi) is 6.18. The molecule has 4 heteroatoms. The summed E-state index contributed by atoms with van der Waals surface area (Å²) in [5, 5.41) is 0. The molecular weight excluding hydrogens is 302 g/mol. The lowest BCUT2D eigenvalue weighted by molar-refractivity contribution is -0.160. The van der Waals surface area contributed by atoms with E-state index in [0.717, 1.165) is 50.5 Å². The van der Waals surface area contributed by atoms with E-state index in [9.17, 15) is 9.59 Å². The van der Waals surface area contributed by atoms with Crippen LogP contribution in [0.2, 0.25) is 0 Å². The lowest BCUT2D eigenvalue weighted by Gasteiger charge is -2.39. The van der Waals surface area contributed by atoms with Gasteiger partial charge in [-0.1, -0.05) is 32.6 Å². The molecular formula is C20H33NO3. The van der Waals surface area contributed by atoms with Crippen molar-refractivity contribution in [2.24, 2.45) is 17.8 Å². The normalized spacial score (nSPS) is 33.6. The maximum absolute atomic E-state index is 12.6. The Labute approximate surface area is 146 Å². The molecule has 0 aromatic heterocycles. The highest BCUT2D eigenvalue weighted by Gasteiger charge is 2.36. The Bertz CT molecular complexity index is 450. The number of fused-ring (bicyclic) bond motifs is 1. The molecule has 1 saturated heterocycles. The summed E-state index contributed by atoms with van der Waals surface area (Å²) in [4.78, 5) is 26.6. The van der Waals surface area contributed by atoms with Gasteiger partial charge < -0.3 is 9.64 Å². The standard InChI is InChI=1S/C20H33NO3/c1-2-6-19(22)21-12-5-9-17(14-21)20(23)24-18-11-10-15-7-3-4-8-16(15)13-18/h15-18H,2-14H2,1H3/t15-,16-,17-,18+/m0/s1. The van der Waals surface area contributed by atoms with Crippen LogP contribution in [-0.2, 0) is 14.3 Å². The minimum Gasteiger partial charge on any atom is -0.462 e. The topological polar surface area (TPSA) is 46.6 Å². The summed E-state index contributed by atoms with van der Waals surface area (Å²) < 4.78 is 5.89. The van der Waals surface area contributed by atoms with Gasteiger partial charge in [-0.2, -0.15) is 0 Å². The first-order valence-corrected chi connectivity index (χ1v) is 10.2. The molecule has 24 heavy (non-hydrogen) atoms. The number of hydrogen-bond donors (Lipinski definition) is 0. The van der Waals surface area contributed by atoms with Gasteiger partial charge in [0, 0.05) is 19.5 Å². The molecule has 3 rings (SSSR count). The van der Waals surface area contributed by atoms with Crippen LogP contribution < -0.4 is 0 Å². The second-order valence-electron chi connectivity index (χ2n) is 8.11. The van der Waals surface area contributed by atoms with Crippen molar-refractivity contribution in [3.63, 3.8) is 0 Å². The minimum atomic E-state index is -0.108. The van der Waals surface area contributed by atoms with E-state index in [1.54, 1.807) is 0 Å². The van der Waals surface area contributed by atoms with E-state index in [1.165, 1.54) is 32.1 Å². The second-order valence-corrected chi connectivity index (χ2v) is 8.11. The summed E-state index contributed by atoms with van der Waals surface area (Å²) >= 11 is 0. The molecule has 0 aromatic rings. The Morgan fingerprint density at radius 1 is 1.00 bits per heavy atom. The lowest BCUT2D eigenvalue weighted by Crippen LogP contribution is -2.43. The van der Waals surface area contributed by atoms with Gasteiger partial charge in [0.05, 0.1) is 5.92 Å². The monoisotopic (exact) mass is 335 g/mol. The third-order valence-electron chi connectivity index (χ3n) is 6.35. The van der Waals surface area contributed by atoms with Crippen LogP contribution in [0.3, 0.4) is 0 Å². The van der Waals surface area contributed by atoms with Crippen LogP contribution in [0.15, 0.2) is 0 Å². The SMILES string of the molecule is CCCC(=O)N1CCC[C@H](C(=O)O[C@@H]2CC[C@@H]3CCCC[C@H]3C2)C1. The third-order valence-corrected chi connectivity index (χ3v) is 6.35. The summed E-state index contributed by atoms with van der Waals surface area (Å²) in [6, 6.07) is 0. The van der Waals surface area contributed by atoms with Gasteiger partial charge in [0.1, 0.15) is 6.10 Å². The molecule has 0 spiro atoms. The van der Waals surface area contributed by atoms with Crippen molar-refractivity contribution in [1.29, 1.82) is 0 Å². The molecule has 0 bridgehead atoms. The summed E-state index contributed by atoms with van der Waals surface area (Å²) in [5.41, 5.74) is 0. The Hall–Kier alpha value is -1.06. The fourth-order valence-corrected chi connectivity index (χ4v) is 4.97. The predicted molar refractivity (Wildman–Crippen MR) is 93.4 cm³/mol. The van der Waals surface area contributed by atoms with Crippen LogP contribution in [0.4, 0.5) is 0 Å². The first-order chi connectivity index (χ1) is 11.7. The summed E-state index contributed by atoms with van der Waals surface area (Å²) in [6.45, 7) is 3.39. The number of ether oxygens (including phenoxy) is 1. The van der Waals surface area contributed by atoms with Gasteiger partial charge >= 0.3 is 5.97 Å². The molecule has 2 aliphatic carbocycles. The highest BCUT2D eigenvalue weighted by molar-refractivity contribution is 5.78. The highest BCUT2D eigenvalue weighted by atomic mass is 16.5. The fourth-order valence-electron chi connectivity index (χ4n) is 4.97. The number of esters is 1. The van der Waals surface area contributed by atoms with Crippen LogP contribution in [0, 0.1) is 17.8 Å². The lowest BCUT2D eigenvalue weighted by atomic mass is 9.70. The molecule has 1 aliphatic heterocycles. The van der Waals surface area contributed by atoms with Crippen molar-refractivity contribution < 1.29 is 14.3 Å². The quantitative estimate of drug-likeness (QED) is 0.731. The van der Waals surface area contributed by atoms with E-state index in [0.29, 0.717) is 13.0 Å². The van der Waals surface area contributed by atoms with E-state index >= 15 is 0 Å². The number of rotatable bonds is 4. The van der Waals surface area contributed by atoms with Crippen molar-refractivity contribution in [3.8, 4) is 0 Å². The number of carbonyl (C=O) groups is 2. The van der Waals surface area contributed by atoms with Gasteiger partial charge in [-0.25, -0.2) is 0 Å². The molecule has 136 valence electrons. The minimum absolute atomic E-state index is 0.0525. The molecule has 4 nitrogen and oxygen atoms in total. The maximum Gasteiger partial charge on any atom is 0.311 e. The van der Waals surface area contributed by atoms with Gasteiger partial charge in [0.2, 0.25) is 5.91 Å². The van der Waals surface area contributed by atoms with E-state index in [2.05, 4.69) is 0 Å². The van der Waals surface area contributed by atoms with Crippen molar-refractivity contribution in [1.82, 2.24) is 4.90 Å². The molecule has 4 atom stereocenters. The first kappa shape index (κ1) is 17.8. The molecule has 0 unspecified atom stereocenters. The summed E-state index contributed by atoms with van der Waals surface area (Å²) in [6.07, 6.45) is 12.1. The van der Waals surface area contributed by atoms with Crippen LogP contribution in [0.5, 0.6) is 0 Å². The molecule has 2 saturated carbocycles. The molecule has 3 fully saturated rings. The molecule has 1 amide bonds. The Morgan fingerprint density at radius 3 is 2.58 bits per heavy atom. The van der Waals surface area contributed by atoms with E-state index in [-0.39, 0.29) is 23.9 Å². The fraction of sp³-hybridized carbons (Fsp3) is 0.900. The van der Waals surface area contributed by atoms with Crippen molar-refractivity contribution in [2.45, 2.75) is 83.7 Å². The van der Waals surface area contributed by atoms with E-state index < -0.39 is 0 Å². The first-order valence-electron chi connectivity index (χ1n) is 10.2. The van der Waals surface area contributed by atoms with Gasteiger partial charge in [-0.15, -0.1) is 0 Å². The summed E-state index contributed by atoms with van der Waals surface area (Å²) in [7, 11) is 0. The summed E-state index contributed by atoms with van der Waals surface area (Å²) in [5.74, 6) is 1.69. The molecule has 0 N–H and O–H groups in total. The largest absolute Gasteiger partial charge is 0.462 e. The number of nitrogens with zero attached hydrogens (tertiary/aromatic N) is 1. The maximum atomic E-state index is 12.6. The third kappa shape index (κ3) is 4.31. The Morgan fingerprint density at radius 2 is 1.79 bits per heavy atom. The van der Waals surface area contributed by atoms with Crippen LogP contribution in [0.1, 0.15) is 77.6 Å². The highest BCUT2D eigenvalue weighted by Crippen LogP contribution is 2.41. The van der Waals surface area contributed by atoms with Gasteiger partial charge in [0.15, 0.2) is 0 Å². The van der Waals surface area contributed by atoms with Crippen molar-refractivity contribution in [2.75, 3.05) is 13.1 Å². The van der Waals surface area contributed by atoms with Crippen molar-refractivity contribution >= 4 is 11.9 Å². The Balaban J connectivity index is 1.48. The zero-order valence-electron chi connectivity index (χ0n) is 15.2. The van der Waals surface area contributed by atoms with Crippen LogP contribution >= 0.6 is 0 Å². The second kappa shape index (κ2) is 8.35.